The summed E-state index contributed by atoms with van der Waals surface area (Å²) in [4.78, 5) is 23.1. The Morgan fingerprint density at radius 2 is 1.58 bits per heavy atom. The summed E-state index contributed by atoms with van der Waals surface area (Å²) in [5.74, 6) is 0.696. The molecule has 7 heteroatoms. The molecule has 0 bridgehead atoms. The molecular formula is C19H28Cl2N4O. The first-order chi connectivity index (χ1) is 11.4. The highest BCUT2D eigenvalue weighted by atomic mass is 35.5. The van der Waals surface area contributed by atoms with Crippen LogP contribution in [0.25, 0.3) is 0 Å². The summed E-state index contributed by atoms with van der Waals surface area (Å²) in [6.45, 7) is 5.32. The number of carbonyl (C=O) groups excluding carboxylic acids is 1. The van der Waals surface area contributed by atoms with Crippen LogP contribution in [0.2, 0.25) is 0 Å². The molecule has 1 aromatic carbocycles. The number of para-hydroxylation sites is 1. The number of hydrogen-bond donors (Lipinski definition) is 0. The van der Waals surface area contributed by atoms with Gasteiger partial charge in [-0.25, -0.2) is 9.78 Å². The largest absolute Gasteiger partial charge is 0.329 e. The van der Waals surface area contributed by atoms with E-state index in [0.717, 1.165) is 23.5 Å². The van der Waals surface area contributed by atoms with E-state index in [2.05, 4.69) is 9.88 Å². The number of aromatic nitrogens is 1. The van der Waals surface area contributed by atoms with E-state index in [-0.39, 0.29) is 30.8 Å². The summed E-state index contributed by atoms with van der Waals surface area (Å²) in [6, 6.07) is 13.5. The molecule has 2 aromatic rings. The Labute approximate surface area is 168 Å². The molecule has 1 aromatic heterocycles. The smallest absolute Gasteiger partial charge is 0.308 e. The Morgan fingerprint density at radius 3 is 2.12 bits per heavy atom. The van der Waals surface area contributed by atoms with Gasteiger partial charge >= 0.3 is 6.03 Å². The molecule has 0 N–H and O–H groups in total. The molecule has 0 atom stereocenters. The molecule has 2 rings (SSSR count). The Balaban J connectivity index is 0.00000312. The zero-order valence-corrected chi connectivity index (χ0v) is 17.6. The van der Waals surface area contributed by atoms with Crippen LogP contribution < -0.4 is 9.80 Å². The van der Waals surface area contributed by atoms with Gasteiger partial charge in [0.25, 0.3) is 0 Å². The van der Waals surface area contributed by atoms with Crippen molar-refractivity contribution in [3.8, 4) is 0 Å². The third-order valence-electron chi connectivity index (χ3n) is 3.79. The van der Waals surface area contributed by atoms with Gasteiger partial charge in [0.1, 0.15) is 5.82 Å². The third-order valence-corrected chi connectivity index (χ3v) is 3.79. The van der Waals surface area contributed by atoms with Gasteiger partial charge in [-0.15, -0.1) is 24.8 Å². The van der Waals surface area contributed by atoms with Crippen LogP contribution in [0, 0.1) is 13.8 Å². The predicted molar refractivity (Wildman–Crippen MR) is 114 cm³/mol. The molecule has 0 saturated heterocycles. The highest BCUT2D eigenvalue weighted by molar-refractivity contribution is 6.02. The van der Waals surface area contributed by atoms with Crippen LogP contribution in [0.3, 0.4) is 0 Å². The highest BCUT2D eigenvalue weighted by Gasteiger charge is 2.22. The summed E-state index contributed by atoms with van der Waals surface area (Å²) in [6.07, 6.45) is 0. The second kappa shape index (κ2) is 11.0. The van der Waals surface area contributed by atoms with Crippen molar-refractivity contribution in [1.29, 1.82) is 0 Å². The Morgan fingerprint density at radius 1 is 0.962 bits per heavy atom. The van der Waals surface area contributed by atoms with Gasteiger partial charge in [-0.2, -0.15) is 0 Å². The number of urea groups is 1. The number of anilines is 2. The van der Waals surface area contributed by atoms with Gasteiger partial charge in [0, 0.05) is 31.5 Å². The van der Waals surface area contributed by atoms with Gasteiger partial charge in [-0.3, -0.25) is 9.80 Å². The molecular weight excluding hydrogens is 371 g/mol. The fourth-order valence-electron chi connectivity index (χ4n) is 2.51. The van der Waals surface area contributed by atoms with Crippen molar-refractivity contribution >= 4 is 42.4 Å². The van der Waals surface area contributed by atoms with E-state index in [0.29, 0.717) is 12.4 Å². The molecule has 0 aliphatic heterocycles. The van der Waals surface area contributed by atoms with E-state index in [1.807, 2.05) is 70.4 Å². The van der Waals surface area contributed by atoms with E-state index < -0.39 is 0 Å². The second-order valence-electron chi connectivity index (χ2n) is 6.28. The fraction of sp³-hybridized carbons (Fsp3) is 0.368. The average molecular weight is 399 g/mol. The number of amides is 2. The topological polar surface area (TPSA) is 39.7 Å². The van der Waals surface area contributed by atoms with Gasteiger partial charge < -0.3 is 4.90 Å². The number of nitrogens with zero attached hydrogens (tertiary/aromatic N) is 4. The lowest BCUT2D eigenvalue weighted by Crippen LogP contribution is -2.44. The molecule has 5 nitrogen and oxygen atoms in total. The number of aryl methyl sites for hydroxylation is 2. The van der Waals surface area contributed by atoms with Gasteiger partial charge in [0.2, 0.25) is 0 Å². The van der Waals surface area contributed by atoms with E-state index in [4.69, 9.17) is 0 Å². The number of rotatable bonds is 5. The quantitative estimate of drug-likeness (QED) is 0.758. The maximum Gasteiger partial charge on any atom is 0.329 e. The third kappa shape index (κ3) is 6.48. The average Bonchev–Trinajstić information content (AvgIpc) is 2.53. The van der Waals surface area contributed by atoms with Crippen LogP contribution in [-0.4, -0.2) is 50.1 Å². The van der Waals surface area contributed by atoms with E-state index in [1.54, 1.807) is 16.8 Å². The van der Waals surface area contributed by atoms with Crippen molar-refractivity contribution in [3.63, 3.8) is 0 Å². The first kappa shape index (κ1) is 24.2. The van der Waals surface area contributed by atoms with Crippen molar-refractivity contribution in [2.45, 2.75) is 13.8 Å². The Hall–Kier alpha value is -1.82. The molecule has 26 heavy (non-hydrogen) atoms. The first-order valence-electron chi connectivity index (χ1n) is 8.09. The predicted octanol–water partition coefficient (Wildman–Crippen LogP) is 4.17. The number of benzene rings is 1. The van der Waals surface area contributed by atoms with Gasteiger partial charge in [-0.05, 0) is 57.8 Å². The summed E-state index contributed by atoms with van der Waals surface area (Å²) in [5, 5.41) is 0. The number of halogens is 2. The summed E-state index contributed by atoms with van der Waals surface area (Å²) >= 11 is 0. The SMILES string of the molecule is Cc1cc(C)nc(N(CCN(C)C)C(=O)N(C)c2ccccc2)c1.Cl.Cl. The van der Waals surface area contributed by atoms with Crippen molar-refractivity contribution < 1.29 is 4.79 Å². The monoisotopic (exact) mass is 398 g/mol. The molecule has 0 unspecified atom stereocenters. The van der Waals surface area contributed by atoms with E-state index in [1.165, 1.54) is 0 Å². The maximum absolute atomic E-state index is 13.1. The van der Waals surface area contributed by atoms with Gasteiger partial charge in [0.15, 0.2) is 0 Å². The van der Waals surface area contributed by atoms with E-state index >= 15 is 0 Å². The number of carbonyl (C=O) groups is 1. The second-order valence-corrected chi connectivity index (χ2v) is 6.28. The molecule has 0 spiro atoms. The first-order valence-corrected chi connectivity index (χ1v) is 8.09. The van der Waals surface area contributed by atoms with Crippen LogP contribution in [-0.2, 0) is 0 Å². The lowest BCUT2D eigenvalue weighted by molar-refractivity contribution is 0.251. The van der Waals surface area contributed by atoms with Crippen molar-refractivity contribution in [3.05, 3.63) is 53.7 Å². The number of likely N-dealkylation sites (N-methyl/N-ethyl adjacent to an activating group) is 1. The number of pyridine rings is 1. The summed E-state index contributed by atoms with van der Waals surface area (Å²) in [7, 11) is 5.79. The molecule has 2 amide bonds. The minimum atomic E-state index is -0.0828. The zero-order chi connectivity index (χ0) is 17.7. The van der Waals surface area contributed by atoms with E-state index in [9.17, 15) is 4.79 Å². The molecule has 0 saturated carbocycles. The van der Waals surface area contributed by atoms with Crippen LogP contribution >= 0.6 is 24.8 Å². The minimum absolute atomic E-state index is 0. The fourth-order valence-corrected chi connectivity index (χ4v) is 2.51. The lowest BCUT2D eigenvalue weighted by atomic mass is 10.2. The molecule has 0 aliphatic carbocycles. The van der Waals surface area contributed by atoms with Crippen molar-refractivity contribution in [1.82, 2.24) is 9.88 Å². The van der Waals surface area contributed by atoms with Crippen molar-refractivity contribution in [2.75, 3.05) is 44.0 Å². The normalized spacial score (nSPS) is 9.92. The van der Waals surface area contributed by atoms with Gasteiger partial charge in [0.05, 0.1) is 0 Å². The van der Waals surface area contributed by atoms with Crippen LogP contribution in [0.4, 0.5) is 16.3 Å². The van der Waals surface area contributed by atoms with Crippen LogP contribution in [0.1, 0.15) is 11.3 Å². The molecule has 0 radical (unpaired) electrons. The Kier molecular flexibility index (Phi) is 10.2. The highest BCUT2D eigenvalue weighted by Crippen LogP contribution is 2.19. The molecule has 1 heterocycles. The summed E-state index contributed by atoms with van der Waals surface area (Å²) in [5.41, 5.74) is 2.87. The van der Waals surface area contributed by atoms with Crippen LogP contribution in [0.15, 0.2) is 42.5 Å². The lowest BCUT2D eigenvalue weighted by Gasteiger charge is -2.29. The van der Waals surface area contributed by atoms with Crippen molar-refractivity contribution in [2.24, 2.45) is 0 Å². The number of hydrogen-bond acceptors (Lipinski definition) is 3. The standard InChI is InChI=1S/C19H26N4O.2ClH/c1-15-13-16(2)20-18(14-15)23(12-11-21(3)4)19(24)22(5)17-9-7-6-8-10-17;;/h6-10,13-14H,11-12H2,1-5H3;2*1H. The van der Waals surface area contributed by atoms with Crippen LogP contribution in [0.5, 0.6) is 0 Å². The molecule has 0 fully saturated rings. The van der Waals surface area contributed by atoms with Gasteiger partial charge in [-0.1, -0.05) is 18.2 Å². The molecule has 144 valence electrons. The summed E-state index contributed by atoms with van der Waals surface area (Å²) < 4.78 is 0. The minimum Gasteiger partial charge on any atom is -0.308 e. The maximum atomic E-state index is 13.1. The Bertz CT molecular complexity index is 675. The zero-order valence-electron chi connectivity index (χ0n) is 16.0. The molecule has 0 aliphatic rings.